The molecule has 0 amide bonds. The molecule has 2 aromatic heterocycles. The Morgan fingerprint density at radius 3 is 2.54 bits per heavy atom. The first kappa shape index (κ1) is 25.6. The van der Waals surface area contributed by atoms with Gasteiger partial charge in [0.25, 0.3) is 0 Å². The van der Waals surface area contributed by atoms with Gasteiger partial charge in [-0.05, 0) is 56.7 Å². The quantitative estimate of drug-likeness (QED) is 0.345. The number of carbonyl (C=O) groups is 1. The van der Waals surface area contributed by atoms with Gasteiger partial charge in [-0.25, -0.2) is 14.8 Å². The SMILES string of the molecule is COC(=O)c1ccnc(N2C3CCC2CC(OCc2c(-c4ccccc4OC(F)(F)F)noc2C2CC2)C3)n1. The van der Waals surface area contributed by atoms with E-state index in [-0.39, 0.29) is 47.7 Å². The number of aromatic nitrogens is 3. The summed E-state index contributed by atoms with van der Waals surface area (Å²) in [7, 11) is 1.31. The predicted molar refractivity (Wildman–Crippen MR) is 131 cm³/mol. The normalized spacial score (nSPS) is 22.7. The lowest BCUT2D eigenvalue weighted by Crippen LogP contribution is -2.46. The van der Waals surface area contributed by atoms with E-state index in [1.54, 1.807) is 18.3 Å². The van der Waals surface area contributed by atoms with Crippen molar-refractivity contribution < 1.29 is 36.7 Å². The van der Waals surface area contributed by atoms with Crippen LogP contribution in [0.1, 0.15) is 66.3 Å². The maximum absolute atomic E-state index is 13.1. The van der Waals surface area contributed by atoms with Crippen molar-refractivity contribution in [2.24, 2.45) is 0 Å². The van der Waals surface area contributed by atoms with Crippen LogP contribution in [0.5, 0.6) is 5.75 Å². The number of carbonyl (C=O) groups excluding carboxylic acids is 1. The molecule has 2 saturated heterocycles. The second kappa shape index (κ2) is 10.1. The number of hydrogen-bond donors (Lipinski definition) is 0. The van der Waals surface area contributed by atoms with Crippen molar-refractivity contribution in [2.45, 2.75) is 75.6 Å². The molecule has 1 saturated carbocycles. The van der Waals surface area contributed by atoms with E-state index in [0.717, 1.165) is 38.5 Å². The first-order chi connectivity index (χ1) is 18.8. The van der Waals surface area contributed by atoms with Crippen molar-refractivity contribution in [1.29, 1.82) is 0 Å². The maximum Gasteiger partial charge on any atom is 0.573 e. The van der Waals surface area contributed by atoms with Crippen LogP contribution in [-0.4, -0.2) is 52.8 Å². The summed E-state index contributed by atoms with van der Waals surface area (Å²) in [4.78, 5) is 22.9. The molecule has 2 aliphatic heterocycles. The Bertz CT molecular complexity index is 1350. The number of anilines is 1. The van der Waals surface area contributed by atoms with Gasteiger partial charge in [0.05, 0.1) is 19.8 Å². The van der Waals surface area contributed by atoms with E-state index in [1.165, 1.54) is 25.3 Å². The number of hydrogen-bond acceptors (Lipinski definition) is 9. The van der Waals surface area contributed by atoms with E-state index in [2.05, 4.69) is 24.8 Å². The topological polar surface area (TPSA) is 99.8 Å². The van der Waals surface area contributed by atoms with Crippen LogP contribution in [0.4, 0.5) is 19.1 Å². The van der Waals surface area contributed by atoms with Gasteiger partial charge in [-0.3, -0.25) is 0 Å². The molecule has 0 spiro atoms. The molecular formula is C27H27F3N4O5. The van der Waals surface area contributed by atoms with E-state index in [0.29, 0.717) is 23.0 Å². The number of rotatable bonds is 8. The molecule has 3 fully saturated rings. The number of para-hydroxylation sites is 1. The second-order valence-electron chi connectivity index (χ2n) is 10.1. The Labute approximate surface area is 222 Å². The monoisotopic (exact) mass is 544 g/mol. The van der Waals surface area contributed by atoms with Gasteiger partial charge in [-0.1, -0.05) is 17.3 Å². The molecule has 2 unspecified atom stereocenters. The minimum atomic E-state index is -4.83. The summed E-state index contributed by atoms with van der Waals surface area (Å²) >= 11 is 0. The molecule has 3 aromatic rings. The predicted octanol–water partition coefficient (Wildman–Crippen LogP) is 5.41. The zero-order valence-corrected chi connectivity index (χ0v) is 21.2. The van der Waals surface area contributed by atoms with Crippen LogP contribution < -0.4 is 9.64 Å². The summed E-state index contributed by atoms with van der Waals surface area (Å²) in [5, 5.41) is 4.16. The zero-order valence-electron chi connectivity index (χ0n) is 21.2. The number of piperidine rings is 1. The highest BCUT2D eigenvalue weighted by atomic mass is 19.4. The van der Waals surface area contributed by atoms with Crippen molar-refractivity contribution >= 4 is 11.9 Å². The van der Waals surface area contributed by atoms with Crippen molar-refractivity contribution in [3.05, 3.63) is 53.5 Å². The first-order valence-electron chi connectivity index (χ1n) is 13.0. The second-order valence-corrected chi connectivity index (χ2v) is 10.1. The third kappa shape index (κ3) is 5.29. The minimum Gasteiger partial charge on any atom is -0.464 e. The van der Waals surface area contributed by atoms with E-state index in [1.807, 2.05) is 0 Å². The van der Waals surface area contributed by atoms with Crippen molar-refractivity contribution in [2.75, 3.05) is 12.0 Å². The van der Waals surface area contributed by atoms with Gasteiger partial charge in [-0.2, -0.15) is 0 Å². The lowest BCUT2D eigenvalue weighted by atomic mass is 9.99. The summed E-state index contributed by atoms with van der Waals surface area (Å²) in [6.45, 7) is 0.170. The highest BCUT2D eigenvalue weighted by Crippen LogP contribution is 2.46. The van der Waals surface area contributed by atoms with Crippen molar-refractivity contribution in [3.63, 3.8) is 0 Å². The highest BCUT2D eigenvalue weighted by Gasteiger charge is 2.43. The molecule has 2 atom stereocenters. The Balaban J connectivity index is 1.20. The van der Waals surface area contributed by atoms with Crippen LogP contribution >= 0.6 is 0 Å². The van der Waals surface area contributed by atoms with Crippen molar-refractivity contribution in [3.8, 4) is 17.0 Å². The third-order valence-corrected chi connectivity index (χ3v) is 7.56. The lowest BCUT2D eigenvalue weighted by Gasteiger charge is -2.38. The van der Waals surface area contributed by atoms with Crippen molar-refractivity contribution in [1.82, 2.24) is 15.1 Å². The van der Waals surface area contributed by atoms with Gasteiger partial charge < -0.3 is 23.6 Å². The molecule has 1 aromatic carbocycles. The van der Waals surface area contributed by atoms with Gasteiger partial charge >= 0.3 is 12.3 Å². The summed E-state index contributed by atoms with van der Waals surface area (Å²) in [6.07, 6.45) is 1.90. The molecule has 12 heteroatoms. The molecule has 4 heterocycles. The van der Waals surface area contributed by atoms with E-state index in [9.17, 15) is 18.0 Å². The molecule has 0 N–H and O–H groups in total. The summed E-state index contributed by atoms with van der Waals surface area (Å²) in [5.41, 5.74) is 1.40. The Kier molecular flexibility index (Phi) is 6.66. The number of esters is 1. The molecule has 1 aliphatic carbocycles. The molecule has 206 valence electrons. The lowest BCUT2D eigenvalue weighted by molar-refractivity contribution is -0.274. The van der Waals surface area contributed by atoms with Gasteiger partial charge in [0.15, 0.2) is 5.69 Å². The maximum atomic E-state index is 13.1. The van der Waals surface area contributed by atoms with Crippen LogP contribution in [0, 0.1) is 0 Å². The fourth-order valence-corrected chi connectivity index (χ4v) is 5.70. The molecule has 6 rings (SSSR count). The van der Waals surface area contributed by atoms with Crippen LogP contribution in [-0.2, 0) is 16.1 Å². The summed E-state index contributed by atoms with van der Waals surface area (Å²) < 4.78 is 60.3. The number of methoxy groups -OCH3 is 1. The standard InChI is InChI=1S/C27H27F3N4O5/c1-36-25(35)21-10-11-31-26(32-21)34-16-8-9-17(34)13-18(12-16)37-14-20-23(33-39-24(20)15-6-7-15)19-4-2-3-5-22(19)38-27(28,29)30/h2-5,10-11,15-18H,6-9,12-14H2,1H3. The number of benzene rings is 1. The number of alkyl halides is 3. The molecule has 2 bridgehead atoms. The van der Waals surface area contributed by atoms with Crippen LogP contribution in [0.25, 0.3) is 11.3 Å². The average Bonchev–Trinajstić information content (AvgIpc) is 3.62. The van der Waals surface area contributed by atoms with Crippen LogP contribution in [0.15, 0.2) is 41.1 Å². The van der Waals surface area contributed by atoms with Gasteiger partial charge in [0.2, 0.25) is 5.95 Å². The summed E-state index contributed by atoms with van der Waals surface area (Å²) in [6, 6.07) is 7.75. The van der Waals surface area contributed by atoms with Gasteiger partial charge in [-0.15, -0.1) is 13.2 Å². The van der Waals surface area contributed by atoms with Gasteiger partial charge in [0, 0.05) is 35.3 Å². The fraction of sp³-hybridized carbons (Fsp3) is 0.481. The number of nitrogens with zero attached hydrogens (tertiary/aromatic N) is 4. The van der Waals surface area contributed by atoms with Crippen LogP contribution in [0.3, 0.4) is 0 Å². The minimum absolute atomic E-state index is 0.0704. The summed E-state index contributed by atoms with van der Waals surface area (Å²) in [5.74, 6) is 0.519. The van der Waals surface area contributed by atoms with E-state index >= 15 is 0 Å². The number of ether oxygens (including phenoxy) is 3. The average molecular weight is 545 g/mol. The molecule has 39 heavy (non-hydrogen) atoms. The molecule has 0 radical (unpaired) electrons. The molecule has 3 aliphatic rings. The third-order valence-electron chi connectivity index (χ3n) is 7.56. The Morgan fingerprint density at radius 1 is 1.10 bits per heavy atom. The number of halogens is 3. The Morgan fingerprint density at radius 2 is 1.85 bits per heavy atom. The molecule has 9 nitrogen and oxygen atoms in total. The van der Waals surface area contributed by atoms with E-state index in [4.69, 9.17) is 14.0 Å². The largest absolute Gasteiger partial charge is 0.573 e. The smallest absolute Gasteiger partial charge is 0.464 e. The highest BCUT2D eigenvalue weighted by molar-refractivity contribution is 5.87. The zero-order chi connectivity index (χ0) is 27.1. The van der Waals surface area contributed by atoms with Crippen LogP contribution in [0.2, 0.25) is 0 Å². The Hall–Kier alpha value is -3.67. The number of fused-ring (bicyclic) bond motifs is 2. The molecular weight excluding hydrogens is 517 g/mol. The fourth-order valence-electron chi connectivity index (χ4n) is 5.70. The van der Waals surface area contributed by atoms with E-state index < -0.39 is 12.3 Å². The first-order valence-corrected chi connectivity index (χ1v) is 13.0. The van der Waals surface area contributed by atoms with Gasteiger partial charge in [0.1, 0.15) is 17.2 Å².